The smallest absolute Gasteiger partial charge is 0.167 e. The van der Waals surface area contributed by atoms with E-state index in [1.54, 1.807) is 30.2 Å². The first-order chi connectivity index (χ1) is 8.70. The Labute approximate surface area is 105 Å². The third-order valence-electron chi connectivity index (χ3n) is 2.52. The maximum absolute atomic E-state index is 13.8. The number of rotatable bonds is 5. The van der Waals surface area contributed by atoms with Crippen molar-refractivity contribution in [2.75, 3.05) is 6.54 Å². The average Bonchev–Trinajstić information content (AvgIpc) is 2.76. The van der Waals surface area contributed by atoms with Crippen LogP contribution in [0.15, 0.2) is 30.6 Å². The standard InChI is InChI=1S/C13H16FN3O/c1-3-15-7-10-5-4-6-12(14)13(10)18-11-8-16-17(2)9-11/h4-6,8-9,15H,3,7H2,1-2H3. The lowest BCUT2D eigenvalue weighted by Crippen LogP contribution is -2.12. The molecule has 0 atom stereocenters. The fraction of sp³-hybridized carbons (Fsp3) is 0.308. The molecule has 1 heterocycles. The maximum atomic E-state index is 13.8. The minimum atomic E-state index is -0.366. The number of aromatic nitrogens is 2. The number of hydrogen-bond donors (Lipinski definition) is 1. The molecule has 0 unspecified atom stereocenters. The monoisotopic (exact) mass is 249 g/mol. The third kappa shape index (κ3) is 2.87. The lowest BCUT2D eigenvalue weighted by molar-refractivity contribution is 0.433. The van der Waals surface area contributed by atoms with Gasteiger partial charge in [-0.05, 0) is 12.6 Å². The van der Waals surface area contributed by atoms with Crippen LogP contribution in [0.2, 0.25) is 0 Å². The predicted molar refractivity (Wildman–Crippen MR) is 67.1 cm³/mol. The minimum Gasteiger partial charge on any atom is -0.451 e. The zero-order valence-electron chi connectivity index (χ0n) is 10.5. The van der Waals surface area contributed by atoms with Crippen LogP contribution in [0.3, 0.4) is 0 Å². The zero-order valence-corrected chi connectivity index (χ0v) is 10.5. The summed E-state index contributed by atoms with van der Waals surface area (Å²) >= 11 is 0. The molecule has 96 valence electrons. The van der Waals surface area contributed by atoms with Crippen LogP contribution in [-0.4, -0.2) is 16.3 Å². The van der Waals surface area contributed by atoms with E-state index in [0.717, 1.165) is 12.1 Å². The molecular weight excluding hydrogens is 233 g/mol. The fourth-order valence-corrected chi connectivity index (χ4v) is 1.64. The van der Waals surface area contributed by atoms with Crippen LogP contribution in [0.1, 0.15) is 12.5 Å². The largest absolute Gasteiger partial charge is 0.451 e. The maximum Gasteiger partial charge on any atom is 0.167 e. The SMILES string of the molecule is CCNCc1cccc(F)c1Oc1cnn(C)c1. The molecule has 0 saturated carbocycles. The Morgan fingerprint density at radius 1 is 1.44 bits per heavy atom. The first-order valence-electron chi connectivity index (χ1n) is 5.85. The van der Waals surface area contributed by atoms with Crippen LogP contribution in [0, 0.1) is 5.82 Å². The molecule has 0 fully saturated rings. The van der Waals surface area contributed by atoms with Crippen LogP contribution >= 0.6 is 0 Å². The van der Waals surface area contributed by atoms with Gasteiger partial charge in [0.05, 0.1) is 12.4 Å². The zero-order chi connectivity index (χ0) is 13.0. The van der Waals surface area contributed by atoms with E-state index in [9.17, 15) is 4.39 Å². The molecule has 2 aromatic rings. The summed E-state index contributed by atoms with van der Waals surface area (Å²) < 4.78 is 21.0. The van der Waals surface area contributed by atoms with Crippen molar-refractivity contribution in [2.24, 2.45) is 7.05 Å². The fourth-order valence-electron chi connectivity index (χ4n) is 1.64. The van der Waals surface area contributed by atoms with Crippen molar-refractivity contribution in [3.63, 3.8) is 0 Å². The Hall–Kier alpha value is -1.88. The number of nitrogens with one attached hydrogen (secondary N) is 1. The molecule has 0 spiro atoms. The third-order valence-corrected chi connectivity index (χ3v) is 2.52. The minimum absolute atomic E-state index is 0.256. The molecule has 5 heteroatoms. The lowest BCUT2D eigenvalue weighted by atomic mass is 10.2. The number of benzene rings is 1. The van der Waals surface area contributed by atoms with Crippen molar-refractivity contribution in [3.05, 3.63) is 42.0 Å². The van der Waals surface area contributed by atoms with Crippen molar-refractivity contribution < 1.29 is 9.13 Å². The molecule has 1 aromatic heterocycles. The van der Waals surface area contributed by atoms with Crippen molar-refractivity contribution in [3.8, 4) is 11.5 Å². The Morgan fingerprint density at radius 3 is 2.94 bits per heavy atom. The van der Waals surface area contributed by atoms with Gasteiger partial charge in [0.15, 0.2) is 17.3 Å². The van der Waals surface area contributed by atoms with E-state index in [-0.39, 0.29) is 11.6 Å². The average molecular weight is 249 g/mol. The molecule has 1 N–H and O–H groups in total. The molecule has 1 aromatic carbocycles. The van der Waals surface area contributed by atoms with Crippen LogP contribution in [0.25, 0.3) is 0 Å². The topological polar surface area (TPSA) is 39.1 Å². The highest BCUT2D eigenvalue weighted by Gasteiger charge is 2.11. The van der Waals surface area contributed by atoms with Crippen LogP contribution in [0.4, 0.5) is 4.39 Å². The van der Waals surface area contributed by atoms with E-state index >= 15 is 0 Å². The highest BCUT2D eigenvalue weighted by atomic mass is 19.1. The van der Waals surface area contributed by atoms with Gasteiger partial charge in [0.1, 0.15) is 0 Å². The Balaban J connectivity index is 2.24. The Morgan fingerprint density at radius 2 is 2.28 bits per heavy atom. The molecule has 0 aliphatic rings. The van der Waals surface area contributed by atoms with Gasteiger partial charge in [-0.3, -0.25) is 4.68 Å². The predicted octanol–water partition coefficient (Wildman–Crippen LogP) is 2.46. The van der Waals surface area contributed by atoms with E-state index in [0.29, 0.717) is 12.3 Å². The van der Waals surface area contributed by atoms with Gasteiger partial charge in [-0.15, -0.1) is 0 Å². The van der Waals surface area contributed by atoms with Gasteiger partial charge in [-0.2, -0.15) is 5.10 Å². The summed E-state index contributed by atoms with van der Waals surface area (Å²) in [6.45, 7) is 3.40. The number of ether oxygens (including phenoxy) is 1. The van der Waals surface area contributed by atoms with Gasteiger partial charge in [0, 0.05) is 19.2 Å². The molecule has 0 radical (unpaired) electrons. The highest BCUT2D eigenvalue weighted by molar-refractivity contribution is 5.38. The second-order valence-electron chi connectivity index (χ2n) is 3.96. The molecule has 0 amide bonds. The number of halogens is 1. The molecule has 2 rings (SSSR count). The normalized spacial score (nSPS) is 10.6. The summed E-state index contributed by atoms with van der Waals surface area (Å²) in [6.07, 6.45) is 3.26. The summed E-state index contributed by atoms with van der Waals surface area (Å²) in [5, 5.41) is 7.14. The second-order valence-corrected chi connectivity index (χ2v) is 3.96. The van der Waals surface area contributed by atoms with E-state index in [1.165, 1.54) is 6.07 Å². The highest BCUT2D eigenvalue weighted by Crippen LogP contribution is 2.28. The van der Waals surface area contributed by atoms with Gasteiger partial charge in [-0.25, -0.2) is 4.39 Å². The summed E-state index contributed by atoms with van der Waals surface area (Å²) in [6, 6.07) is 4.91. The number of hydrogen-bond acceptors (Lipinski definition) is 3. The van der Waals surface area contributed by atoms with Crippen LogP contribution < -0.4 is 10.1 Å². The second kappa shape index (κ2) is 5.64. The number of para-hydroxylation sites is 1. The molecule has 0 bridgehead atoms. The van der Waals surface area contributed by atoms with Crippen molar-refractivity contribution in [1.29, 1.82) is 0 Å². The van der Waals surface area contributed by atoms with E-state index in [1.807, 2.05) is 13.0 Å². The van der Waals surface area contributed by atoms with Crippen LogP contribution in [0.5, 0.6) is 11.5 Å². The van der Waals surface area contributed by atoms with Gasteiger partial charge < -0.3 is 10.1 Å². The summed E-state index contributed by atoms with van der Waals surface area (Å²) in [5.74, 6) is 0.418. The number of aryl methyl sites for hydroxylation is 1. The van der Waals surface area contributed by atoms with Crippen LogP contribution in [-0.2, 0) is 13.6 Å². The summed E-state index contributed by atoms with van der Waals surface area (Å²) in [7, 11) is 1.79. The quantitative estimate of drug-likeness (QED) is 0.884. The van der Waals surface area contributed by atoms with E-state index in [2.05, 4.69) is 10.4 Å². The summed E-state index contributed by atoms with van der Waals surface area (Å²) in [4.78, 5) is 0. The van der Waals surface area contributed by atoms with Gasteiger partial charge in [0.2, 0.25) is 0 Å². The van der Waals surface area contributed by atoms with Crippen molar-refractivity contribution in [1.82, 2.24) is 15.1 Å². The van der Waals surface area contributed by atoms with E-state index < -0.39 is 0 Å². The molecule has 0 aliphatic carbocycles. The Bertz CT molecular complexity index is 525. The van der Waals surface area contributed by atoms with Gasteiger partial charge in [0.25, 0.3) is 0 Å². The van der Waals surface area contributed by atoms with Gasteiger partial charge >= 0.3 is 0 Å². The van der Waals surface area contributed by atoms with Gasteiger partial charge in [-0.1, -0.05) is 19.1 Å². The Kier molecular flexibility index (Phi) is 3.94. The molecule has 4 nitrogen and oxygen atoms in total. The summed E-state index contributed by atoms with van der Waals surface area (Å²) in [5.41, 5.74) is 0.792. The van der Waals surface area contributed by atoms with Crippen molar-refractivity contribution >= 4 is 0 Å². The molecular formula is C13H16FN3O. The molecule has 18 heavy (non-hydrogen) atoms. The molecule has 0 aliphatic heterocycles. The van der Waals surface area contributed by atoms with Crippen molar-refractivity contribution in [2.45, 2.75) is 13.5 Å². The first-order valence-corrected chi connectivity index (χ1v) is 5.85. The first kappa shape index (κ1) is 12.6. The number of nitrogens with zero attached hydrogens (tertiary/aromatic N) is 2. The van der Waals surface area contributed by atoms with E-state index in [4.69, 9.17) is 4.74 Å². The molecule has 0 saturated heterocycles. The lowest BCUT2D eigenvalue weighted by Gasteiger charge is -2.10.